The number of likely N-dealkylation sites (tertiary alicyclic amines) is 1. The maximum atomic E-state index is 12.3. The summed E-state index contributed by atoms with van der Waals surface area (Å²) in [6.07, 6.45) is 3.95. The van der Waals surface area contributed by atoms with Gasteiger partial charge in [-0.1, -0.05) is 12.1 Å². The Balaban J connectivity index is 1.56. The lowest BCUT2D eigenvalue weighted by atomic mass is 9.93. The Hall–Kier alpha value is -2.61. The van der Waals surface area contributed by atoms with Crippen molar-refractivity contribution >= 4 is 23.5 Å². The third-order valence-electron chi connectivity index (χ3n) is 5.83. The molecule has 1 aromatic rings. The fourth-order valence-electron chi connectivity index (χ4n) is 4.06. The fourth-order valence-corrected chi connectivity index (χ4v) is 4.06. The minimum atomic E-state index is -0.339. The number of hydrogen-bond donors (Lipinski definition) is 3. The minimum Gasteiger partial charge on any atom is -0.368 e. The van der Waals surface area contributed by atoms with Crippen LogP contribution in [-0.2, 0) is 20.9 Å². The van der Waals surface area contributed by atoms with Crippen molar-refractivity contribution in [3.05, 3.63) is 29.8 Å². The highest BCUT2D eigenvalue weighted by Gasteiger charge is 2.24. The molecule has 8 nitrogen and oxygen atoms in total. The SMILES string of the molecule is CCNC(=NCc1cccc(NC(=O)C2CCCO2)c1)N1CCC(CC(=O)NC)CC1. The second-order valence-electron chi connectivity index (χ2n) is 8.17. The number of carbonyl (C=O) groups excluding carboxylic acids is 2. The summed E-state index contributed by atoms with van der Waals surface area (Å²) in [7, 11) is 1.69. The first kappa shape index (κ1) is 23.1. The second kappa shape index (κ2) is 11.7. The average molecular weight is 430 g/mol. The van der Waals surface area contributed by atoms with Crippen LogP contribution in [0.1, 0.15) is 44.6 Å². The van der Waals surface area contributed by atoms with E-state index in [1.165, 1.54) is 0 Å². The Morgan fingerprint density at radius 1 is 1.23 bits per heavy atom. The number of benzene rings is 1. The smallest absolute Gasteiger partial charge is 0.253 e. The summed E-state index contributed by atoms with van der Waals surface area (Å²) in [6.45, 7) is 5.84. The highest BCUT2D eigenvalue weighted by Crippen LogP contribution is 2.21. The maximum absolute atomic E-state index is 12.3. The van der Waals surface area contributed by atoms with Crippen LogP contribution in [-0.4, -0.2) is 62.1 Å². The number of piperidine rings is 1. The summed E-state index contributed by atoms with van der Waals surface area (Å²) in [5, 5.41) is 9.05. The van der Waals surface area contributed by atoms with Gasteiger partial charge in [0.15, 0.2) is 5.96 Å². The molecule has 31 heavy (non-hydrogen) atoms. The van der Waals surface area contributed by atoms with Gasteiger partial charge in [-0.3, -0.25) is 9.59 Å². The number of rotatable bonds is 7. The lowest BCUT2D eigenvalue weighted by Gasteiger charge is -2.34. The zero-order valence-corrected chi connectivity index (χ0v) is 18.7. The van der Waals surface area contributed by atoms with Crippen LogP contribution in [0.3, 0.4) is 0 Å². The predicted octanol–water partition coefficient (Wildman–Crippen LogP) is 2.12. The van der Waals surface area contributed by atoms with Crippen molar-refractivity contribution < 1.29 is 14.3 Å². The van der Waals surface area contributed by atoms with Gasteiger partial charge >= 0.3 is 0 Å². The van der Waals surface area contributed by atoms with E-state index in [-0.39, 0.29) is 17.9 Å². The second-order valence-corrected chi connectivity index (χ2v) is 8.17. The van der Waals surface area contributed by atoms with Crippen LogP contribution in [0, 0.1) is 5.92 Å². The van der Waals surface area contributed by atoms with Crippen molar-refractivity contribution in [3.8, 4) is 0 Å². The Bertz CT molecular complexity index is 768. The number of carbonyl (C=O) groups is 2. The monoisotopic (exact) mass is 429 g/mol. The molecule has 2 heterocycles. The fraction of sp³-hybridized carbons (Fsp3) is 0.609. The van der Waals surface area contributed by atoms with Crippen molar-refractivity contribution in [2.75, 3.05) is 38.6 Å². The third kappa shape index (κ3) is 6.95. The summed E-state index contributed by atoms with van der Waals surface area (Å²) in [6, 6.07) is 7.82. The molecular formula is C23H35N5O3. The molecule has 1 atom stereocenters. The van der Waals surface area contributed by atoms with Crippen LogP contribution >= 0.6 is 0 Å². The van der Waals surface area contributed by atoms with Crippen LogP contribution in [0.15, 0.2) is 29.3 Å². The first-order valence-corrected chi connectivity index (χ1v) is 11.3. The number of ether oxygens (including phenoxy) is 1. The Morgan fingerprint density at radius 2 is 2.03 bits per heavy atom. The summed E-state index contributed by atoms with van der Waals surface area (Å²) >= 11 is 0. The molecule has 2 aliphatic rings. The average Bonchev–Trinajstić information content (AvgIpc) is 3.33. The Morgan fingerprint density at radius 3 is 2.71 bits per heavy atom. The first-order valence-electron chi connectivity index (χ1n) is 11.3. The molecule has 0 aliphatic carbocycles. The zero-order chi connectivity index (χ0) is 22.1. The highest BCUT2D eigenvalue weighted by atomic mass is 16.5. The van der Waals surface area contributed by atoms with Crippen LogP contribution in [0.4, 0.5) is 5.69 Å². The predicted molar refractivity (Wildman–Crippen MR) is 122 cm³/mol. The number of hydrogen-bond acceptors (Lipinski definition) is 4. The molecule has 2 saturated heterocycles. The van der Waals surface area contributed by atoms with Gasteiger partial charge in [-0.15, -0.1) is 0 Å². The molecule has 0 aromatic heterocycles. The van der Waals surface area contributed by atoms with Gasteiger partial charge in [-0.2, -0.15) is 0 Å². The lowest BCUT2D eigenvalue weighted by Crippen LogP contribution is -2.46. The van der Waals surface area contributed by atoms with E-state index < -0.39 is 0 Å². The van der Waals surface area contributed by atoms with Crippen molar-refractivity contribution in [2.24, 2.45) is 10.9 Å². The van der Waals surface area contributed by atoms with Crippen molar-refractivity contribution in [3.63, 3.8) is 0 Å². The Labute approximate surface area is 184 Å². The highest BCUT2D eigenvalue weighted by molar-refractivity contribution is 5.94. The number of anilines is 1. The van der Waals surface area contributed by atoms with Crippen molar-refractivity contribution in [2.45, 2.75) is 51.7 Å². The molecule has 2 aliphatic heterocycles. The molecular weight excluding hydrogens is 394 g/mol. The molecule has 1 unspecified atom stereocenters. The van der Waals surface area contributed by atoms with Gasteiger partial charge in [0.25, 0.3) is 5.91 Å². The molecule has 170 valence electrons. The number of amides is 2. The molecule has 3 rings (SSSR count). The summed E-state index contributed by atoms with van der Waals surface area (Å²) in [5.74, 6) is 1.37. The van der Waals surface area contributed by atoms with E-state index in [1.807, 2.05) is 24.3 Å². The molecule has 0 bridgehead atoms. The third-order valence-corrected chi connectivity index (χ3v) is 5.83. The van der Waals surface area contributed by atoms with E-state index in [4.69, 9.17) is 9.73 Å². The van der Waals surface area contributed by atoms with Crippen LogP contribution in [0.2, 0.25) is 0 Å². The van der Waals surface area contributed by atoms with E-state index in [0.29, 0.717) is 25.5 Å². The number of nitrogens with zero attached hydrogens (tertiary/aromatic N) is 2. The standard InChI is InChI=1S/C23H35N5O3/c1-3-25-23(28-11-9-17(10-12-28)15-21(29)24-2)26-16-18-6-4-7-19(14-18)27-22(30)20-8-5-13-31-20/h4,6-7,14,17,20H,3,5,8-13,15-16H2,1-2H3,(H,24,29)(H,25,26)(H,27,30). The van der Waals surface area contributed by atoms with Gasteiger partial charge in [0, 0.05) is 45.4 Å². The molecule has 3 N–H and O–H groups in total. The van der Waals surface area contributed by atoms with Crippen molar-refractivity contribution in [1.82, 2.24) is 15.5 Å². The molecule has 2 amide bonds. The van der Waals surface area contributed by atoms with Crippen LogP contribution in [0.5, 0.6) is 0 Å². The zero-order valence-electron chi connectivity index (χ0n) is 18.7. The van der Waals surface area contributed by atoms with E-state index >= 15 is 0 Å². The molecule has 0 radical (unpaired) electrons. The lowest BCUT2D eigenvalue weighted by molar-refractivity contribution is -0.124. The van der Waals surface area contributed by atoms with E-state index in [2.05, 4.69) is 27.8 Å². The van der Waals surface area contributed by atoms with E-state index in [9.17, 15) is 9.59 Å². The quantitative estimate of drug-likeness (QED) is 0.456. The van der Waals surface area contributed by atoms with Gasteiger partial charge in [0.1, 0.15) is 6.10 Å². The van der Waals surface area contributed by atoms with Crippen molar-refractivity contribution in [1.29, 1.82) is 0 Å². The Kier molecular flexibility index (Phi) is 8.70. The summed E-state index contributed by atoms with van der Waals surface area (Å²) in [5.41, 5.74) is 1.81. The topological polar surface area (TPSA) is 95.1 Å². The number of nitrogens with one attached hydrogen (secondary N) is 3. The summed E-state index contributed by atoms with van der Waals surface area (Å²) in [4.78, 5) is 31.0. The summed E-state index contributed by atoms with van der Waals surface area (Å²) < 4.78 is 5.46. The van der Waals surface area contributed by atoms with Gasteiger partial charge in [0.2, 0.25) is 5.91 Å². The molecule has 2 fully saturated rings. The van der Waals surface area contributed by atoms with E-state index in [1.54, 1.807) is 7.05 Å². The van der Waals surface area contributed by atoms with Crippen LogP contribution in [0.25, 0.3) is 0 Å². The molecule has 8 heteroatoms. The largest absolute Gasteiger partial charge is 0.368 e. The number of aliphatic imine (C=N–C) groups is 1. The minimum absolute atomic E-state index is 0.0777. The molecule has 1 aromatic carbocycles. The maximum Gasteiger partial charge on any atom is 0.253 e. The molecule has 0 saturated carbocycles. The first-order chi connectivity index (χ1) is 15.1. The van der Waals surface area contributed by atoms with Gasteiger partial charge in [0.05, 0.1) is 6.54 Å². The number of guanidine groups is 1. The molecule has 0 spiro atoms. The van der Waals surface area contributed by atoms with Gasteiger partial charge in [-0.25, -0.2) is 4.99 Å². The normalized spacial score (nSPS) is 19.9. The van der Waals surface area contributed by atoms with E-state index in [0.717, 1.165) is 62.5 Å². The van der Waals surface area contributed by atoms with Gasteiger partial charge < -0.3 is 25.6 Å². The van der Waals surface area contributed by atoms with Crippen LogP contribution < -0.4 is 16.0 Å². The van der Waals surface area contributed by atoms with Gasteiger partial charge in [-0.05, 0) is 56.2 Å².